The van der Waals surface area contributed by atoms with Gasteiger partial charge in [-0.1, -0.05) is 0 Å². The van der Waals surface area contributed by atoms with Gasteiger partial charge in [0.1, 0.15) is 11.5 Å². The first kappa shape index (κ1) is 13.7. The maximum Gasteiger partial charge on any atom is 0.222 e. The van der Waals surface area contributed by atoms with Gasteiger partial charge in [0.25, 0.3) is 0 Å². The molecular formula is C14H19NO4. The molecule has 19 heavy (non-hydrogen) atoms. The summed E-state index contributed by atoms with van der Waals surface area (Å²) in [7, 11) is 3.13. The summed E-state index contributed by atoms with van der Waals surface area (Å²) in [6, 6.07) is 5.27. The molecule has 0 aliphatic carbocycles. The summed E-state index contributed by atoms with van der Waals surface area (Å²) >= 11 is 0. The van der Waals surface area contributed by atoms with E-state index < -0.39 is 6.10 Å². The fraction of sp³-hybridized carbons (Fsp3) is 0.500. The molecule has 1 unspecified atom stereocenters. The fourth-order valence-electron chi connectivity index (χ4n) is 1.97. The van der Waals surface area contributed by atoms with E-state index in [2.05, 4.69) is 0 Å². The van der Waals surface area contributed by atoms with E-state index in [9.17, 15) is 9.90 Å². The zero-order chi connectivity index (χ0) is 13.8. The first-order valence-electron chi connectivity index (χ1n) is 6.33. The second kappa shape index (κ2) is 5.93. The number of rotatable bonds is 6. The minimum atomic E-state index is -0.728. The largest absolute Gasteiger partial charge is 0.497 e. The molecule has 0 spiro atoms. The lowest BCUT2D eigenvalue weighted by Gasteiger charge is -2.15. The Labute approximate surface area is 112 Å². The smallest absolute Gasteiger partial charge is 0.222 e. The van der Waals surface area contributed by atoms with E-state index in [4.69, 9.17) is 9.47 Å². The van der Waals surface area contributed by atoms with Gasteiger partial charge in [-0.05, 0) is 24.6 Å². The third-order valence-electron chi connectivity index (χ3n) is 3.23. The lowest BCUT2D eigenvalue weighted by Crippen LogP contribution is -2.12. The minimum absolute atomic E-state index is 0.0981. The average Bonchev–Trinajstić information content (AvgIpc) is 3.28. The molecule has 1 aromatic rings. The summed E-state index contributed by atoms with van der Waals surface area (Å²) < 4.78 is 10.4. The number of hydrogen-bond acceptors (Lipinski definition) is 4. The number of ether oxygens (including phenoxy) is 2. The molecule has 5 heteroatoms. The SMILES string of the molecule is COc1ccc(OC)c(C(O)CCC(=O)N2CC2)c1. The van der Waals surface area contributed by atoms with Crippen molar-refractivity contribution in [1.82, 2.24) is 4.90 Å². The van der Waals surface area contributed by atoms with Crippen LogP contribution in [0.3, 0.4) is 0 Å². The maximum atomic E-state index is 11.6. The Balaban J connectivity index is 2.03. The Morgan fingerprint density at radius 3 is 2.68 bits per heavy atom. The molecule has 1 fully saturated rings. The van der Waals surface area contributed by atoms with Crippen LogP contribution in [0, 0.1) is 0 Å². The molecule has 1 aromatic carbocycles. The van der Waals surface area contributed by atoms with Crippen molar-refractivity contribution in [2.45, 2.75) is 18.9 Å². The monoisotopic (exact) mass is 265 g/mol. The zero-order valence-electron chi connectivity index (χ0n) is 11.3. The molecule has 2 rings (SSSR count). The number of benzene rings is 1. The molecule has 104 valence electrons. The fourth-order valence-corrected chi connectivity index (χ4v) is 1.97. The molecule has 1 aliphatic heterocycles. The van der Waals surface area contributed by atoms with E-state index in [1.165, 1.54) is 0 Å². The lowest BCUT2D eigenvalue weighted by atomic mass is 10.0. The van der Waals surface area contributed by atoms with Crippen molar-refractivity contribution in [1.29, 1.82) is 0 Å². The van der Waals surface area contributed by atoms with Crippen LogP contribution < -0.4 is 9.47 Å². The predicted octanol–water partition coefficient (Wildman–Crippen LogP) is 1.36. The highest BCUT2D eigenvalue weighted by Crippen LogP contribution is 2.31. The highest BCUT2D eigenvalue weighted by Gasteiger charge is 2.25. The highest BCUT2D eigenvalue weighted by atomic mass is 16.5. The zero-order valence-corrected chi connectivity index (χ0v) is 11.3. The number of aliphatic hydroxyl groups excluding tert-OH is 1. The van der Waals surface area contributed by atoms with Crippen molar-refractivity contribution < 1.29 is 19.4 Å². The van der Waals surface area contributed by atoms with Gasteiger partial charge in [-0.15, -0.1) is 0 Å². The second-order valence-corrected chi connectivity index (χ2v) is 4.54. The van der Waals surface area contributed by atoms with Gasteiger partial charge in [-0.25, -0.2) is 0 Å². The van der Waals surface area contributed by atoms with Crippen LogP contribution in [0.1, 0.15) is 24.5 Å². The molecule has 0 aromatic heterocycles. The Morgan fingerprint density at radius 2 is 2.11 bits per heavy atom. The molecule has 0 radical (unpaired) electrons. The van der Waals surface area contributed by atoms with Gasteiger partial charge < -0.3 is 19.5 Å². The molecule has 0 saturated carbocycles. The summed E-state index contributed by atoms with van der Waals surface area (Å²) in [6.07, 6.45) is 0.00868. The van der Waals surface area contributed by atoms with Crippen molar-refractivity contribution in [3.63, 3.8) is 0 Å². The summed E-state index contributed by atoms with van der Waals surface area (Å²) in [5, 5.41) is 10.2. The molecule has 5 nitrogen and oxygen atoms in total. The van der Waals surface area contributed by atoms with Crippen molar-refractivity contribution >= 4 is 5.91 Å². The van der Waals surface area contributed by atoms with Crippen LogP contribution in [0.2, 0.25) is 0 Å². The van der Waals surface area contributed by atoms with Crippen molar-refractivity contribution in [3.8, 4) is 11.5 Å². The summed E-state index contributed by atoms with van der Waals surface area (Å²) in [5.74, 6) is 1.36. The van der Waals surface area contributed by atoms with Crippen LogP contribution in [-0.4, -0.2) is 43.2 Å². The highest BCUT2D eigenvalue weighted by molar-refractivity contribution is 5.78. The first-order chi connectivity index (χ1) is 9.15. The first-order valence-corrected chi connectivity index (χ1v) is 6.33. The van der Waals surface area contributed by atoms with Crippen LogP contribution >= 0.6 is 0 Å². The van der Waals surface area contributed by atoms with Gasteiger partial charge in [0, 0.05) is 25.1 Å². The van der Waals surface area contributed by atoms with Crippen molar-refractivity contribution in [2.75, 3.05) is 27.3 Å². The summed E-state index contributed by atoms with van der Waals surface area (Å²) in [6.45, 7) is 1.69. The van der Waals surface area contributed by atoms with Gasteiger partial charge in [-0.2, -0.15) is 0 Å². The molecule has 1 heterocycles. The Hall–Kier alpha value is -1.75. The van der Waals surface area contributed by atoms with Crippen LogP contribution in [0.25, 0.3) is 0 Å². The summed E-state index contributed by atoms with van der Waals surface area (Å²) in [5.41, 5.74) is 0.653. The number of nitrogens with zero attached hydrogens (tertiary/aromatic N) is 1. The van der Waals surface area contributed by atoms with Gasteiger partial charge in [0.15, 0.2) is 0 Å². The van der Waals surface area contributed by atoms with Gasteiger partial charge in [0.2, 0.25) is 5.91 Å². The van der Waals surface area contributed by atoms with E-state index in [1.807, 2.05) is 0 Å². The van der Waals surface area contributed by atoms with E-state index >= 15 is 0 Å². The van der Waals surface area contributed by atoms with Crippen molar-refractivity contribution in [2.24, 2.45) is 0 Å². The number of hydrogen-bond donors (Lipinski definition) is 1. The molecule has 1 aliphatic rings. The normalized spacial score (nSPS) is 15.0. The molecule has 0 bridgehead atoms. The standard InChI is InChI=1S/C14H19NO4/c1-18-10-3-5-13(19-2)11(9-10)12(16)4-6-14(17)15-7-8-15/h3,5,9,12,16H,4,6-8H2,1-2H3. The van der Waals surface area contributed by atoms with E-state index in [0.717, 1.165) is 13.1 Å². The predicted molar refractivity (Wildman–Crippen MR) is 70.3 cm³/mol. The molecule has 1 saturated heterocycles. The summed E-state index contributed by atoms with van der Waals surface area (Å²) in [4.78, 5) is 13.3. The molecular weight excluding hydrogens is 246 g/mol. The van der Waals surface area contributed by atoms with Crippen molar-refractivity contribution in [3.05, 3.63) is 23.8 Å². The van der Waals surface area contributed by atoms with E-state index in [0.29, 0.717) is 29.9 Å². The number of aliphatic hydroxyl groups is 1. The number of amides is 1. The van der Waals surface area contributed by atoms with Crippen LogP contribution in [0.15, 0.2) is 18.2 Å². The quantitative estimate of drug-likeness (QED) is 0.789. The Bertz CT molecular complexity index is 457. The molecule has 1 N–H and O–H groups in total. The molecule has 1 amide bonds. The minimum Gasteiger partial charge on any atom is -0.497 e. The third-order valence-corrected chi connectivity index (χ3v) is 3.23. The van der Waals surface area contributed by atoms with Crippen LogP contribution in [0.4, 0.5) is 0 Å². The van der Waals surface area contributed by atoms with Crippen LogP contribution in [0.5, 0.6) is 11.5 Å². The van der Waals surface area contributed by atoms with Crippen LogP contribution in [-0.2, 0) is 4.79 Å². The van der Waals surface area contributed by atoms with Gasteiger partial charge in [-0.3, -0.25) is 4.79 Å². The Kier molecular flexibility index (Phi) is 4.27. The average molecular weight is 265 g/mol. The van der Waals surface area contributed by atoms with Gasteiger partial charge in [0.05, 0.1) is 20.3 Å². The van der Waals surface area contributed by atoms with E-state index in [-0.39, 0.29) is 5.91 Å². The maximum absolute atomic E-state index is 11.6. The Morgan fingerprint density at radius 1 is 1.37 bits per heavy atom. The van der Waals surface area contributed by atoms with Gasteiger partial charge >= 0.3 is 0 Å². The second-order valence-electron chi connectivity index (χ2n) is 4.54. The topological polar surface area (TPSA) is 58.8 Å². The number of carbonyl (C=O) groups is 1. The molecule has 1 atom stereocenters. The lowest BCUT2D eigenvalue weighted by molar-refractivity contribution is -0.126. The van der Waals surface area contributed by atoms with E-state index in [1.54, 1.807) is 37.3 Å². The number of carbonyl (C=O) groups excluding carboxylic acids is 1. The number of methoxy groups -OCH3 is 2. The third kappa shape index (κ3) is 3.38.